The molecule has 0 saturated carbocycles. The Morgan fingerprint density at radius 3 is 2.81 bits per heavy atom. The molecule has 134 valence electrons. The van der Waals surface area contributed by atoms with E-state index in [4.69, 9.17) is 9.47 Å². The minimum Gasteiger partial charge on any atom is -0.486 e. The zero-order chi connectivity index (χ0) is 17.9. The smallest absolute Gasteiger partial charge is 0.247 e. The van der Waals surface area contributed by atoms with Crippen LogP contribution in [0.15, 0.2) is 48.5 Å². The van der Waals surface area contributed by atoms with E-state index < -0.39 is 0 Å². The molecule has 2 aliphatic rings. The van der Waals surface area contributed by atoms with Crippen LogP contribution in [0.25, 0.3) is 6.08 Å². The first-order valence-electron chi connectivity index (χ1n) is 9.15. The maximum absolute atomic E-state index is 12.8. The lowest BCUT2D eigenvalue weighted by Crippen LogP contribution is -2.29. The molecule has 26 heavy (non-hydrogen) atoms. The number of likely N-dealkylation sites (tertiary alicyclic amines) is 1. The van der Waals surface area contributed by atoms with Crippen LogP contribution in [0.1, 0.15) is 35.6 Å². The predicted octanol–water partition coefficient (Wildman–Crippen LogP) is 4.14. The highest BCUT2D eigenvalue weighted by Crippen LogP contribution is 2.38. The van der Waals surface area contributed by atoms with E-state index in [2.05, 4.69) is 19.1 Å². The Labute approximate surface area is 154 Å². The normalized spacial score (nSPS) is 19.1. The molecule has 1 atom stereocenters. The molecular weight excluding hydrogens is 326 g/mol. The molecule has 4 rings (SSSR count). The van der Waals surface area contributed by atoms with Gasteiger partial charge < -0.3 is 14.4 Å². The van der Waals surface area contributed by atoms with Crippen molar-refractivity contribution in [1.29, 1.82) is 0 Å². The van der Waals surface area contributed by atoms with Gasteiger partial charge in [-0.3, -0.25) is 4.79 Å². The van der Waals surface area contributed by atoms with E-state index in [1.54, 1.807) is 6.08 Å². The van der Waals surface area contributed by atoms with Crippen LogP contribution in [-0.2, 0) is 4.79 Å². The molecule has 0 bridgehead atoms. The standard InChI is InChI=1S/C22H23NO3/c1-16-4-2-5-17(14-16)7-10-22(24)23-11-3-6-19(23)18-8-9-20-21(15-18)26-13-12-25-20/h2,4-5,7-10,14-15,19H,3,6,11-13H2,1H3/b10-7+/t19-/m1/s1. The Morgan fingerprint density at radius 2 is 1.96 bits per heavy atom. The van der Waals surface area contributed by atoms with Gasteiger partial charge in [-0.2, -0.15) is 0 Å². The molecule has 2 heterocycles. The number of fused-ring (bicyclic) bond motifs is 1. The number of ether oxygens (including phenoxy) is 2. The van der Waals surface area contributed by atoms with Crippen molar-refractivity contribution >= 4 is 12.0 Å². The van der Waals surface area contributed by atoms with Crippen molar-refractivity contribution in [2.24, 2.45) is 0 Å². The zero-order valence-corrected chi connectivity index (χ0v) is 15.0. The van der Waals surface area contributed by atoms with Crippen molar-refractivity contribution in [2.45, 2.75) is 25.8 Å². The van der Waals surface area contributed by atoms with Crippen LogP contribution in [0.4, 0.5) is 0 Å². The third kappa shape index (κ3) is 3.45. The molecule has 0 unspecified atom stereocenters. The molecule has 4 heteroatoms. The van der Waals surface area contributed by atoms with Crippen LogP contribution in [0.3, 0.4) is 0 Å². The largest absolute Gasteiger partial charge is 0.486 e. The maximum Gasteiger partial charge on any atom is 0.247 e. The lowest BCUT2D eigenvalue weighted by atomic mass is 10.0. The van der Waals surface area contributed by atoms with Crippen LogP contribution in [-0.4, -0.2) is 30.6 Å². The van der Waals surface area contributed by atoms with E-state index in [0.29, 0.717) is 13.2 Å². The quantitative estimate of drug-likeness (QED) is 0.782. The molecular formula is C22H23NO3. The summed E-state index contributed by atoms with van der Waals surface area (Å²) in [6.45, 7) is 4.00. The number of rotatable bonds is 3. The summed E-state index contributed by atoms with van der Waals surface area (Å²) < 4.78 is 11.3. The Balaban J connectivity index is 1.52. The number of hydrogen-bond donors (Lipinski definition) is 0. The Bertz CT molecular complexity index is 843. The highest BCUT2D eigenvalue weighted by molar-refractivity contribution is 5.92. The summed E-state index contributed by atoms with van der Waals surface area (Å²) in [6, 6.07) is 14.3. The van der Waals surface area contributed by atoms with Crippen LogP contribution in [0.5, 0.6) is 11.5 Å². The highest BCUT2D eigenvalue weighted by atomic mass is 16.6. The summed E-state index contributed by atoms with van der Waals surface area (Å²) in [6.07, 6.45) is 5.58. The topological polar surface area (TPSA) is 38.8 Å². The number of carbonyl (C=O) groups is 1. The van der Waals surface area contributed by atoms with Gasteiger partial charge in [0.25, 0.3) is 0 Å². The number of carbonyl (C=O) groups excluding carboxylic acids is 1. The second-order valence-electron chi connectivity index (χ2n) is 6.84. The molecule has 2 aromatic carbocycles. The van der Waals surface area contributed by atoms with Gasteiger partial charge in [-0.25, -0.2) is 0 Å². The minimum atomic E-state index is 0.0592. The lowest BCUT2D eigenvalue weighted by molar-refractivity contribution is -0.126. The SMILES string of the molecule is Cc1cccc(/C=C/C(=O)N2CCC[C@@H]2c2ccc3c(c2)OCCO3)c1. The first-order valence-corrected chi connectivity index (χ1v) is 9.15. The van der Waals surface area contributed by atoms with Gasteiger partial charge in [0.15, 0.2) is 11.5 Å². The summed E-state index contributed by atoms with van der Waals surface area (Å²) in [7, 11) is 0. The average Bonchev–Trinajstić information content (AvgIpc) is 3.16. The number of hydrogen-bond acceptors (Lipinski definition) is 3. The van der Waals surface area contributed by atoms with Gasteiger partial charge in [0.1, 0.15) is 13.2 Å². The summed E-state index contributed by atoms with van der Waals surface area (Å²) in [5.74, 6) is 1.63. The number of nitrogens with zero attached hydrogens (tertiary/aromatic N) is 1. The molecule has 4 nitrogen and oxygen atoms in total. The summed E-state index contributed by atoms with van der Waals surface area (Å²) in [5, 5.41) is 0. The van der Waals surface area contributed by atoms with E-state index in [1.165, 1.54) is 5.56 Å². The van der Waals surface area contributed by atoms with Gasteiger partial charge in [0, 0.05) is 12.6 Å². The van der Waals surface area contributed by atoms with E-state index >= 15 is 0 Å². The van der Waals surface area contributed by atoms with Crippen molar-refractivity contribution in [3.05, 3.63) is 65.2 Å². The van der Waals surface area contributed by atoms with Crippen LogP contribution < -0.4 is 9.47 Å². The van der Waals surface area contributed by atoms with Gasteiger partial charge in [-0.05, 0) is 49.1 Å². The molecule has 1 amide bonds. The fourth-order valence-electron chi connectivity index (χ4n) is 3.68. The maximum atomic E-state index is 12.8. The zero-order valence-electron chi connectivity index (χ0n) is 15.0. The molecule has 2 aliphatic heterocycles. The van der Waals surface area contributed by atoms with Crippen LogP contribution >= 0.6 is 0 Å². The van der Waals surface area contributed by atoms with Crippen LogP contribution in [0, 0.1) is 6.92 Å². The van der Waals surface area contributed by atoms with E-state index in [1.807, 2.05) is 41.3 Å². The molecule has 0 aliphatic carbocycles. The van der Waals surface area contributed by atoms with E-state index in [0.717, 1.165) is 42.0 Å². The van der Waals surface area contributed by atoms with Gasteiger partial charge in [-0.1, -0.05) is 35.9 Å². The van der Waals surface area contributed by atoms with Crippen LogP contribution in [0.2, 0.25) is 0 Å². The van der Waals surface area contributed by atoms with E-state index in [9.17, 15) is 4.79 Å². The third-order valence-electron chi connectivity index (χ3n) is 4.95. The molecule has 2 aromatic rings. The van der Waals surface area contributed by atoms with Gasteiger partial charge in [-0.15, -0.1) is 0 Å². The lowest BCUT2D eigenvalue weighted by Gasteiger charge is -2.26. The first kappa shape index (κ1) is 16.7. The van der Waals surface area contributed by atoms with Crippen molar-refractivity contribution in [2.75, 3.05) is 19.8 Å². The van der Waals surface area contributed by atoms with Gasteiger partial charge in [0.05, 0.1) is 6.04 Å². The molecule has 0 N–H and O–H groups in total. The molecule has 0 aromatic heterocycles. The molecule has 0 radical (unpaired) electrons. The Morgan fingerprint density at radius 1 is 1.12 bits per heavy atom. The Kier molecular flexibility index (Phi) is 4.65. The second kappa shape index (κ2) is 7.24. The number of benzene rings is 2. The van der Waals surface area contributed by atoms with Gasteiger partial charge in [0.2, 0.25) is 5.91 Å². The van der Waals surface area contributed by atoms with Crippen molar-refractivity contribution < 1.29 is 14.3 Å². The van der Waals surface area contributed by atoms with Crippen molar-refractivity contribution in [3.63, 3.8) is 0 Å². The third-order valence-corrected chi connectivity index (χ3v) is 4.95. The second-order valence-corrected chi connectivity index (χ2v) is 6.84. The molecule has 1 fully saturated rings. The minimum absolute atomic E-state index is 0.0592. The molecule has 0 spiro atoms. The summed E-state index contributed by atoms with van der Waals surface area (Å²) >= 11 is 0. The number of aryl methyl sites for hydroxylation is 1. The Hall–Kier alpha value is -2.75. The highest BCUT2D eigenvalue weighted by Gasteiger charge is 2.29. The number of amides is 1. The monoisotopic (exact) mass is 349 g/mol. The summed E-state index contributed by atoms with van der Waals surface area (Å²) in [5.41, 5.74) is 3.35. The van der Waals surface area contributed by atoms with Gasteiger partial charge >= 0.3 is 0 Å². The fraction of sp³-hybridized carbons (Fsp3) is 0.318. The fourth-order valence-corrected chi connectivity index (χ4v) is 3.68. The van der Waals surface area contributed by atoms with Crippen molar-refractivity contribution in [1.82, 2.24) is 4.90 Å². The van der Waals surface area contributed by atoms with E-state index in [-0.39, 0.29) is 11.9 Å². The molecule has 1 saturated heterocycles. The predicted molar refractivity (Wildman–Crippen MR) is 101 cm³/mol. The first-order chi connectivity index (χ1) is 12.7. The average molecular weight is 349 g/mol. The summed E-state index contributed by atoms with van der Waals surface area (Å²) in [4.78, 5) is 14.7. The van der Waals surface area contributed by atoms with Crippen molar-refractivity contribution in [3.8, 4) is 11.5 Å².